The SMILES string of the molecule is NC(=O)NN1CCC(N)CC1. The van der Waals surface area contributed by atoms with Crippen molar-refractivity contribution in [3.05, 3.63) is 0 Å². The summed E-state index contributed by atoms with van der Waals surface area (Å²) in [7, 11) is 0. The third kappa shape index (κ3) is 2.73. The average molecular weight is 158 g/mol. The monoisotopic (exact) mass is 158 g/mol. The van der Waals surface area contributed by atoms with Crippen LogP contribution in [0.5, 0.6) is 0 Å². The number of rotatable bonds is 1. The van der Waals surface area contributed by atoms with Crippen molar-refractivity contribution in [3.8, 4) is 0 Å². The normalized spacial score (nSPS) is 21.5. The zero-order valence-electron chi connectivity index (χ0n) is 6.42. The predicted octanol–water partition coefficient (Wildman–Crippen LogP) is -1.01. The Morgan fingerprint density at radius 1 is 1.45 bits per heavy atom. The van der Waals surface area contributed by atoms with Crippen LogP contribution < -0.4 is 16.9 Å². The van der Waals surface area contributed by atoms with Gasteiger partial charge in [-0.15, -0.1) is 0 Å². The van der Waals surface area contributed by atoms with Crippen molar-refractivity contribution in [2.75, 3.05) is 13.1 Å². The van der Waals surface area contributed by atoms with E-state index in [1.807, 2.05) is 0 Å². The van der Waals surface area contributed by atoms with E-state index in [2.05, 4.69) is 5.43 Å². The van der Waals surface area contributed by atoms with Crippen LogP contribution in [0.25, 0.3) is 0 Å². The Bertz CT molecular complexity index is 142. The number of nitrogens with one attached hydrogen (secondary N) is 1. The van der Waals surface area contributed by atoms with Crippen LogP contribution in [0.1, 0.15) is 12.8 Å². The van der Waals surface area contributed by atoms with Gasteiger partial charge in [-0.3, -0.25) is 5.43 Å². The van der Waals surface area contributed by atoms with Crippen LogP contribution in [0.15, 0.2) is 0 Å². The summed E-state index contributed by atoms with van der Waals surface area (Å²) in [4.78, 5) is 10.4. The molecule has 1 heterocycles. The Kier molecular flexibility index (Phi) is 2.67. The summed E-state index contributed by atoms with van der Waals surface area (Å²) in [6.45, 7) is 1.59. The van der Waals surface area contributed by atoms with E-state index in [1.165, 1.54) is 0 Å². The molecule has 5 heteroatoms. The molecular weight excluding hydrogens is 144 g/mol. The maximum Gasteiger partial charge on any atom is 0.326 e. The van der Waals surface area contributed by atoms with Crippen molar-refractivity contribution in [3.63, 3.8) is 0 Å². The summed E-state index contributed by atoms with van der Waals surface area (Å²) >= 11 is 0. The summed E-state index contributed by atoms with van der Waals surface area (Å²) < 4.78 is 0. The zero-order valence-corrected chi connectivity index (χ0v) is 6.42. The highest BCUT2D eigenvalue weighted by atomic mass is 16.2. The van der Waals surface area contributed by atoms with Gasteiger partial charge in [0.15, 0.2) is 0 Å². The molecule has 1 aliphatic heterocycles. The molecule has 64 valence electrons. The molecule has 1 aliphatic rings. The van der Waals surface area contributed by atoms with Gasteiger partial charge in [0.25, 0.3) is 0 Å². The van der Waals surface area contributed by atoms with Crippen LogP contribution >= 0.6 is 0 Å². The van der Waals surface area contributed by atoms with Crippen LogP contribution in [0.4, 0.5) is 4.79 Å². The lowest BCUT2D eigenvalue weighted by Crippen LogP contribution is -2.50. The molecule has 1 saturated heterocycles. The highest BCUT2D eigenvalue weighted by Crippen LogP contribution is 2.04. The third-order valence-electron chi connectivity index (χ3n) is 1.81. The van der Waals surface area contributed by atoms with Crippen molar-refractivity contribution in [1.82, 2.24) is 10.4 Å². The van der Waals surface area contributed by atoms with Crippen LogP contribution in [-0.4, -0.2) is 30.2 Å². The molecule has 0 aromatic heterocycles. The summed E-state index contributed by atoms with van der Waals surface area (Å²) in [5.41, 5.74) is 13.1. The van der Waals surface area contributed by atoms with Gasteiger partial charge < -0.3 is 11.5 Å². The second-order valence-corrected chi connectivity index (χ2v) is 2.80. The fraction of sp³-hybridized carbons (Fsp3) is 0.833. The minimum atomic E-state index is -0.500. The molecule has 0 unspecified atom stereocenters. The molecule has 0 atom stereocenters. The summed E-state index contributed by atoms with van der Waals surface area (Å²) in [6, 6.07) is -0.221. The van der Waals surface area contributed by atoms with Crippen LogP contribution in [-0.2, 0) is 0 Å². The minimum Gasteiger partial charge on any atom is -0.351 e. The Morgan fingerprint density at radius 2 is 2.00 bits per heavy atom. The molecular formula is C6H14N4O. The topological polar surface area (TPSA) is 84.4 Å². The van der Waals surface area contributed by atoms with Crippen molar-refractivity contribution in [2.45, 2.75) is 18.9 Å². The number of primary amides is 1. The first-order valence-electron chi connectivity index (χ1n) is 3.75. The highest BCUT2D eigenvalue weighted by Gasteiger charge is 2.15. The molecule has 0 aromatic carbocycles. The van der Waals surface area contributed by atoms with Gasteiger partial charge in [0.1, 0.15) is 0 Å². The third-order valence-corrected chi connectivity index (χ3v) is 1.81. The Hall–Kier alpha value is -0.810. The molecule has 0 bridgehead atoms. The van der Waals surface area contributed by atoms with Gasteiger partial charge in [-0.25, -0.2) is 9.80 Å². The lowest BCUT2D eigenvalue weighted by Gasteiger charge is -2.29. The van der Waals surface area contributed by atoms with Gasteiger partial charge >= 0.3 is 6.03 Å². The maximum absolute atomic E-state index is 10.4. The highest BCUT2D eigenvalue weighted by molar-refractivity contribution is 5.70. The molecule has 0 spiro atoms. The van der Waals surface area contributed by atoms with E-state index in [9.17, 15) is 4.79 Å². The van der Waals surface area contributed by atoms with E-state index in [1.54, 1.807) is 5.01 Å². The number of carbonyl (C=O) groups excluding carboxylic acids is 1. The second kappa shape index (κ2) is 3.54. The molecule has 11 heavy (non-hydrogen) atoms. The van der Waals surface area contributed by atoms with Crippen LogP contribution in [0.3, 0.4) is 0 Å². The first-order valence-corrected chi connectivity index (χ1v) is 3.75. The number of hydrogen-bond donors (Lipinski definition) is 3. The summed E-state index contributed by atoms with van der Waals surface area (Å²) in [6.07, 6.45) is 1.83. The number of nitrogens with zero attached hydrogens (tertiary/aromatic N) is 1. The molecule has 0 saturated carbocycles. The number of amides is 2. The van der Waals surface area contributed by atoms with Crippen LogP contribution in [0.2, 0.25) is 0 Å². The Labute approximate surface area is 65.7 Å². The largest absolute Gasteiger partial charge is 0.351 e. The zero-order chi connectivity index (χ0) is 8.27. The standard InChI is InChI=1S/C6H14N4O/c7-5-1-3-10(4-2-5)9-6(8)11/h5H,1-4,7H2,(H3,8,9,11). The van der Waals surface area contributed by atoms with Gasteiger partial charge in [-0.1, -0.05) is 0 Å². The Balaban J connectivity index is 2.22. The fourth-order valence-electron chi connectivity index (χ4n) is 1.17. The minimum absolute atomic E-state index is 0.279. The van der Waals surface area contributed by atoms with Crippen molar-refractivity contribution in [1.29, 1.82) is 0 Å². The molecule has 5 N–H and O–H groups in total. The number of hydrogen-bond acceptors (Lipinski definition) is 3. The van der Waals surface area contributed by atoms with E-state index in [0.717, 1.165) is 25.9 Å². The lowest BCUT2D eigenvalue weighted by molar-refractivity contribution is 0.151. The maximum atomic E-state index is 10.4. The van der Waals surface area contributed by atoms with Crippen molar-refractivity contribution in [2.24, 2.45) is 11.5 Å². The van der Waals surface area contributed by atoms with Gasteiger partial charge in [0.2, 0.25) is 0 Å². The molecule has 0 radical (unpaired) electrons. The Morgan fingerprint density at radius 3 is 2.45 bits per heavy atom. The molecule has 0 aliphatic carbocycles. The predicted molar refractivity (Wildman–Crippen MR) is 41.5 cm³/mol. The molecule has 5 nitrogen and oxygen atoms in total. The fourth-order valence-corrected chi connectivity index (χ4v) is 1.17. The number of nitrogens with two attached hydrogens (primary N) is 2. The van der Waals surface area contributed by atoms with Gasteiger partial charge in [-0.2, -0.15) is 0 Å². The average Bonchev–Trinajstić information content (AvgIpc) is 1.93. The van der Waals surface area contributed by atoms with E-state index in [0.29, 0.717) is 0 Å². The molecule has 1 fully saturated rings. The van der Waals surface area contributed by atoms with Gasteiger partial charge in [-0.05, 0) is 12.8 Å². The summed E-state index contributed by atoms with van der Waals surface area (Å²) in [5, 5.41) is 1.80. The second-order valence-electron chi connectivity index (χ2n) is 2.80. The molecule has 0 aromatic rings. The smallest absolute Gasteiger partial charge is 0.326 e. The quantitative estimate of drug-likeness (QED) is 0.457. The van der Waals surface area contributed by atoms with E-state index in [4.69, 9.17) is 11.5 Å². The molecule has 1 rings (SSSR count). The van der Waals surface area contributed by atoms with Crippen molar-refractivity contribution >= 4 is 6.03 Å². The number of carbonyl (C=O) groups is 1. The lowest BCUT2D eigenvalue weighted by atomic mass is 10.1. The van der Waals surface area contributed by atoms with Crippen LogP contribution in [0, 0.1) is 0 Å². The van der Waals surface area contributed by atoms with E-state index >= 15 is 0 Å². The first kappa shape index (κ1) is 8.29. The first-order chi connectivity index (χ1) is 5.18. The molecule has 2 amide bonds. The van der Waals surface area contributed by atoms with E-state index < -0.39 is 6.03 Å². The van der Waals surface area contributed by atoms with E-state index in [-0.39, 0.29) is 6.04 Å². The van der Waals surface area contributed by atoms with Gasteiger partial charge in [0, 0.05) is 19.1 Å². The number of hydrazine groups is 1. The number of urea groups is 1. The summed E-state index contributed by atoms with van der Waals surface area (Å²) in [5.74, 6) is 0. The number of piperidine rings is 1. The van der Waals surface area contributed by atoms with Gasteiger partial charge in [0.05, 0.1) is 0 Å². The van der Waals surface area contributed by atoms with Crippen molar-refractivity contribution < 1.29 is 4.79 Å².